The number of nitrogens with zero attached hydrogens (tertiary/aromatic N) is 2. The molecule has 8 nitrogen and oxygen atoms in total. The van der Waals surface area contributed by atoms with E-state index >= 15 is 0 Å². The summed E-state index contributed by atoms with van der Waals surface area (Å²) in [7, 11) is 1.37. The second-order valence-electron chi connectivity index (χ2n) is 7.85. The molecule has 2 fully saturated rings. The van der Waals surface area contributed by atoms with E-state index in [0.29, 0.717) is 18.4 Å². The average molecular weight is 388 g/mol. The van der Waals surface area contributed by atoms with Crippen LogP contribution in [0, 0.1) is 11.8 Å². The number of anilines is 1. The zero-order valence-corrected chi connectivity index (χ0v) is 16.4. The lowest BCUT2D eigenvalue weighted by atomic mass is 9.85. The molecule has 152 valence electrons. The Balaban J connectivity index is 1.74. The van der Waals surface area contributed by atoms with Crippen LogP contribution in [0.4, 0.5) is 5.69 Å². The zero-order valence-electron chi connectivity index (χ0n) is 16.4. The monoisotopic (exact) mass is 388 g/mol. The number of amides is 3. The molecule has 3 N–H and O–H groups in total. The zero-order chi connectivity index (χ0) is 20.3. The van der Waals surface area contributed by atoms with Crippen molar-refractivity contribution in [3.05, 3.63) is 17.8 Å². The Morgan fingerprint density at radius 3 is 2.57 bits per heavy atom. The number of carbonyl (C=O) groups is 3. The number of nitrogens with two attached hydrogens (primary N) is 1. The summed E-state index contributed by atoms with van der Waals surface area (Å²) in [6.45, 7) is 2.70. The molecular formula is C20H28N4O4. The SMILES string of the molecule is COc1ncc(NC(=O)C(=O)N2C[C@@H](C)CC[C@H]2C2CCCC2)cc1C(N)=O. The van der Waals surface area contributed by atoms with Crippen LogP contribution in [-0.2, 0) is 9.59 Å². The first-order valence-electron chi connectivity index (χ1n) is 9.86. The first kappa shape index (κ1) is 20.1. The van der Waals surface area contributed by atoms with Crippen molar-refractivity contribution in [1.29, 1.82) is 0 Å². The molecule has 0 unspecified atom stereocenters. The Morgan fingerprint density at radius 2 is 1.93 bits per heavy atom. The van der Waals surface area contributed by atoms with Gasteiger partial charge < -0.3 is 20.7 Å². The van der Waals surface area contributed by atoms with Gasteiger partial charge in [0.25, 0.3) is 5.91 Å². The molecule has 0 spiro atoms. The molecule has 1 aliphatic carbocycles. The molecule has 1 saturated carbocycles. The van der Waals surface area contributed by atoms with Gasteiger partial charge in [-0.1, -0.05) is 19.8 Å². The summed E-state index contributed by atoms with van der Waals surface area (Å²) in [5.74, 6) is -1.05. The smallest absolute Gasteiger partial charge is 0.313 e. The summed E-state index contributed by atoms with van der Waals surface area (Å²) in [6.07, 6.45) is 7.99. The van der Waals surface area contributed by atoms with Crippen LogP contribution in [0.5, 0.6) is 5.88 Å². The molecule has 28 heavy (non-hydrogen) atoms. The second kappa shape index (κ2) is 8.58. The van der Waals surface area contributed by atoms with Crippen molar-refractivity contribution in [2.45, 2.75) is 51.5 Å². The summed E-state index contributed by atoms with van der Waals surface area (Å²) < 4.78 is 4.99. The number of nitrogens with one attached hydrogen (secondary N) is 1. The van der Waals surface area contributed by atoms with Gasteiger partial charge in [0.05, 0.1) is 19.0 Å². The minimum atomic E-state index is -0.724. The molecule has 2 aliphatic rings. The van der Waals surface area contributed by atoms with Crippen LogP contribution < -0.4 is 15.8 Å². The minimum Gasteiger partial charge on any atom is -0.480 e. The fourth-order valence-corrected chi connectivity index (χ4v) is 4.41. The number of aromatic nitrogens is 1. The molecule has 2 heterocycles. The third-order valence-corrected chi connectivity index (χ3v) is 5.83. The van der Waals surface area contributed by atoms with Crippen molar-refractivity contribution in [3.63, 3.8) is 0 Å². The van der Waals surface area contributed by atoms with Gasteiger partial charge in [0.2, 0.25) is 5.88 Å². The molecule has 1 aromatic rings. The van der Waals surface area contributed by atoms with E-state index in [1.807, 2.05) is 0 Å². The first-order valence-corrected chi connectivity index (χ1v) is 9.86. The molecule has 3 amide bonds. The summed E-state index contributed by atoms with van der Waals surface area (Å²) in [4.78, 5) is 42.8. The van der Waals surface area contributed by atoms with Crippen molar-refractivity contribution in [1.82, 2.24) is 9.88 Å². The van der Waals surface area contributed by atoms with Gasteiger partial charge >= 0.3 is 11.8 Å². The predicted octanol–water partition coefficient (Wildman–Crippen LogP) is 1.94. The molecule has 0 radical (unpaired) electrons. The number of pyridine rings is 1. The van der Waals surface area contributed by atoms with Crippen LogP contribution in [0.3, 0.4) is 0 Å². The number of ether oxygens (including phenoxy) is 1. The van der Waals surface area contributed by atoms with E-state index in [0.717, 1.165) is 25.7 Å². The van der Waals surface area contributed by atoms with Crippen LogP contribution in [-0.4, -0.2) is 47.3 Å². The Bertz CT molecular complexity index is 761. The summed E-state index contributed by atoms with van der Waals surface area (Å²) in [6, 6.07) is 1.50. The number of methoxy groups -OCH3 is 1. The number of rotatable bonds is 4. The molecule has 2 atom stereocenters. The van der Waals surface area contributed by atoms with Crippen molar-refractivity contribution >= 4 is 23.4 Å². The van der Waals surface area contributed by atoms with Crippen LogP contribution in [0.15, 0.2) is 12.3 Å². The lowest BCUT2D eigenvalue weighted by molar-refractivity contribution is -0.147. The normalized spacial score (nSPS) is 22.7. The quantitative estimate of drug-likeness (QED) is 0.765. The van der Waals surface area contributed by atoms with Crippen LogP contribution >= 0.6 is 0 Å². The van der Waals surface area contributed by atoms with Crippen LogP contribution in [0.2, 0.25) is 0 Å². The van der Waals surface area contributed by atoms with Gasteiger partial charge in [-0.3, -0.25) is 14.4 Å². The van der Waals surface area contributed by atoms with Gasteiger partial charge in [-0.15, -0.1) is 0 Å². The Hall–Kier alpha value is -2.64. The number of hydrogen-bond donors (Lipinski definition) is 2. The van der Waals surface area contributed by atoms with Gasteiger partial charge in [-0.05, 0) is 43.6 Å². The van der Waals surface area contributed by atoms with Gasteiger partial charge in [0.15, 0.2) is 0 Å². The van der Waals surface area contributed by atoms with Crippen LogP contribution in [0.25, 0.3) is 0 Å². The average Bonchev–Trinajstić information content (AvgIpc) is 3.21. The highest BCUT2D eigenvalue weighted by atomic mass is 16.5. The maximum absolute atomic E-state index is 12.9. The fraction of sp³-hybridized carbons (Fsp3) is 0.600. The number of hydrogen-bond acceptors (Lipinski definition) is 5. The van der Waals surface area contributed by atoms with Gasteiger partial charge in [-0.2, -0.15) is 0 Å². The summed E-state index contributed by atoms with van der Waals surface area (Å²) >= 11 is 0. The maximum atomic E-state index is 12.9. The molecule has 0 bridgehead atoms. The molecule has 0 aromatic carbocycles. The van der Waals surface area contributed by atoms with E-state index < -0.39 is 17.7 Å². The van der Waals surface area contributed by atoms with E-state index in [2.05, 4.69) is 17.2 Å². The van der Waals surface area contributed by atoms with E-state index in [9.17, 15) is 14.4 Å². The number of likely N-dealkylation sites (tertiary alicyclic amines) is 1. The van der Waals surface area contributed by atoms with Crippen molar-refractivity contribution in [2.24, 2.45) is 17.6 Å². The molecule has 3 rings (SSSR count). The first-order chi connectivity index (χ1) is 13.4. The summed E-state index contributed by atoms with van der Waals surface area (Å²) in [5, 5.41) is 2.56. The maximum Gasteiger partial charge on any atom is 0.313 e. The van der Waals surface area contributed by atoms with E-state index in [-0.39, 0.29) is 23.2 Å². The van der Waals surface area contributed by atoms with Gasteiger partial charge in [0, 0.05) is 12.6 Å². The topological polar surface area (TPSA) is 115 Å². The third kappa shape index (κ3) is 4.26. The molecule has 8 heteroatoms. The second-order valence-corrected chi connectivity index (χ2v) is 7.85. The standard InChI is InChI=1S/C20H28N4O4/c1-12-7-8-16(13-5-3-4-6-13)24(11-12)20(27)18(26)23-14-9-15(17(21)25)19(28-2)22-10-14/h9-10,12-13,16H,3-8,11H2,1-2H3,(H2,21,25)(H,23,26)/t12-,16-/m0/s1. The van der Waals surface area contributed by atoms with Crippen molar-refractivity contribution in [3.8, 4) is 5.88 Å². The predicted molar refractivity (Wildman–Crippen MR) is 104 cm³/mol. The molecule has 1 saturated heterocycles. The van der Waals surface area contributed by atoms with Crippen LogP contribution in [0.1, 0.15) is 55.8 Å². The van der Waals surface area contributed by atoms with Crippen molar-refractivity contribution < 1.29 is 19.1 Å². The number of primary amides is 1. The molecule has 1 aliphatic heterocycles. The molecular weight excluding hydrogens is 360 g/mol. The number of carbonyl (C=O) groups excluding carboxylic acids is 3. The Kier molecular flexibility index (Phi) is 6.16. The number of piperidine rings is 1. The van der Waals surface area contributed by atoms with E-state index in [1.54, 1.807) is 4.90 Å². The summed E-state index contributed by atoms with van der Waals surface area (Å²) in [5.41, 5.74) is 5.60. The Labute approximate surface area is 164 Å². The lowest BCUT2D eigenvalue weighted by Gasteiger charge is -2.41. The van der Waals surface area contributed by atoms with E-state index in [1.165, 1.54) is 32.2 Å². The van der Waals surface area contributed by atoms with Crippen molar-refractivity contribution in [2.75, 3.05) is 19.0 Å². The fourth-order valence-electron chi connectivity index (χ4n) is 4.41. The lowest BCUT2D eigenvalue weighted by Crippen LogP contribution is -2.52. The van der Waals surface area contributed by atoms with Gasteiger partial charge in [0.1, 0.15) is 5.56 Å². The largest absolute Gasteiger partial charge is 0.480 e. The highest BCUT2D eigenvalue weighted by Crippen LogP contribution is 2.36. The van der Waals surface area contributed by atoms with Gasteiger partial charge in [-0.25, -0.2) is 4.98 Å². The molecule has 1 aromatic heterocycles. The highest BCUT2D eigenvalue weighted by molar-refractivity contribution is 6.39. The highest BCUT2D eigenvalue weighted by Gasteiger charge is 2.38. The minimum absolute atomic E-state index is 0.0446. The van der Waals surface area contributed by atoms with E-state index in [4.69, 9.17) is 10.5 Å². The Morgan fingerprint density at radius 1 is 1.21 bits per heavy atom. The third-order valence-electron chi connectivity index (χ3n) is 5.83.